The Morgan fingerprint density at radius 2 is 0.964 bits per heavy atom. The summed E-state index contributed by atoms with van der Waals surface area (Å²) in [6.45, 7) is 3.96. The van der Waals surface area contributed by atoms with Crippen molar-refractivity contribution < 1.29 is 9.59 Å². The van der Waals surface area contributed by atoms with Crippen molar-refractivity contribution in [2.45, 2.75) is 13.8 Å². The Morgan fingerprint density at radius 1 is 0.607 bits per heavy atom. The summed E-state index contributed by atoms with van der Waals surface area (Å²) in [5.41, 5.74) is 3.33. The number of carbonyl (C=O) groups excluding carboxylic acids is 2. The molecule has 0 radical (unpaired) electrons. The lowest BCUT2D eigenvalue weighted by molar-refractivity contribution is 0.0991. The van der Waals surface area contributed by atoms with Crippen molar-refractivity contribution in [1.82, 2.24) is 0 Å². The van der Waals surface area contributed by atoms with E-state index in [9.17, 15) is 9.59 Å². The summed E-state index contributed by atoms with van der Waals surface area (Å²) in [7, 11) is 5.86. The summed E-state index contributed by atoms with van der Waals surface area (Å²) < 4.78 is 3.18. The number of hydrogen-bond donors (Lipinski definition) is 0. The normalized spacial score (nSPS) is 12.6. The summed E-state index contributed by atoms with van der Waals surface area (Å²) in [6, 6.07) is 14.7. The first-order chi connectivity index (χ1) is 13.5. The van der Waals surface area contributed by atoms with Crippen molar-refractivity contribution >= 4 is 62.6 Å². The van der Waals surface area contributed by atoms with Gasteiger partial charge in [-0.1, -0.05) is 76.8 Å². The number of rotatable bonds is 2. The minimum Gasteiger partial charge on any atom is -0.267 e. The Labute approximate surface area is 175 Å². The van der Waals surface area contributed by atoms with Gasteiger partial charge < -0.3 is 0 Å². The van der Waals surface area contributed by atoms with E-state index < -0.39 is 0 Å². The molecule has 4 rings (SSSR count). The Morgan fingerprint density at radius 3 is 1.32 bits per heavy atom. The lowest BCUT2D eigenvalue weighted by atomic mass is 10.1. The first-order valence-electron chi connectivity index (χ1n) is 8.35. The smallest absolute Gasteiger partial charge is 0.267 e. The highest BCUT2D eigenvalue weighted by Gasteiger charge is 2.11. The third kappa shape index (κ3) is 3.95. The lowest BCUT2D eigenvalue weighted by Crippen LogP contribution is -2.03. The number of benzene rings is 2. The Bertz CT molecular complexity index is 1200. The van der Waals surface area contributed by atoms with Gasteiger partial charge in [-0.2, -0.15) is 9.98 Å². The van der Waals surface area contributed by atoms with Gasteiger partial charge in [0.15, 0.2) is 0 Å². The molecule has 0 bridgehead atoms. The van der Waals surface area contributed by atoms with Crippen molar-refractivity contribution in [3.05, 3.63) is 80.1 Å². The number of carbonyl (C=O) groups is 2. The van der Waals surface area contributed by atoms with Crippen molar-refractivity contribution in [2.24, 2.45) is 9.98 Å². The van der Waals surface area contributed by atoms with Crippen LogP contribution in [0.5, 0.6) is 0 Å². The second-order valence-electron chi connectivity index (χ2n) is 6.17. The molecular formula is C20H14N2O2S4. The second-order valence-corrected chi connectivity index (χ2v) is 10.4. The van der Waals surface area contributed by atoms with Crippen LogP contribution in [0.1, 0.15) is 31.8 Å². The summed E-state index contributed by atoms with van der Waals surface area (Å²) in [5, 5.41) is 0. The molecule has 2 aromatic heterocycles. The van der Waals surface area contributed by atoms with Crippen molar-refractivity contribution in [2.75, 3.05) is 0 Å². The fourth-order valence-electron chi connectivity index (χ4n) is 2.42. The summed E-state index contributed by atoms with van der Waals surface area (Å²) in [4.78, 5) is 33.5. The first kappa shape index (κ1) is 19.1. The molecule has 2 heterocycles. The van der Waals surface area contributed by atoms with Crippen LogP contribution in [0.4, 0.5) is 0 Å². The third-order valence-electron chi connectivity index (χ3n) is 4.01. The second kappa shape index (κ2) is 8.00. The monoisotopic (exact) mass is 442 g/mol. The van der Waals surface area contributed by atoms with E-state index in [1.165, 1.54) is 41.4 Å². The van der Waals surface area contributed by atoms with Gasteiger partial charge in [-0.25, -0.2) is 0 Å². The SMILES string of the molecule is Cc1ccc(C(=O)N=c2ssc3c(=NC(=O)c4ccc(C)cc4)ssc23)cc1. The molecule has 8 heteroatoms. The van der Waals surface area contributed by atoms with Crippen LogP contribution >= 0.6 is 41.4 Å². The molecule has 28 heavy (non-hydrogen) atoms. The zero-order valence-electron chi connectivity index (χ0n) is 15.0. The maximum Gasteiger partial charge on any atom is 0.278 e. The molecule has 0 aliphatic carbocycles. The van der Waals surface area contributed by atoms with Crippen LogP contribution in [-0.2, 0) is 0 Å². The van der Waals surface area contributed by atoms with Gasteiger partial charge in [-0.05, 0) is 38.1 Å². The molecule has 0 saturated carbocycles. The highest BCUT2D eigenvalue weighted by molar-refractivity contribution is 7.78. The van der Waals surface area contributed by atoms with E-state index in [1.54, 1.807) is 24.3 Å². The van der Waals surface area contributed by atoms with Gasteiger partial charge in [0.1, 0.15) is 9.34 Å². The van der Waals surface area contributed by atoms with E-state index in [0.29, 0.717) is 20.5 Å². The number of hydrogen-bond acceptors (Lipinski definition) is 6. The van der Waals surface area contributed by atoms with Crippen LogP contribution in [0.15, 0.2) is 58.5 Å². The fraction of sp³-hybridized carbons (Fsp3) is 0.100. The van der Waals surface area contributed by atoms with Gasteiger partial charge in [0.05, 0.1) is 9.40 Å². The van der Waals surface area contributed by atoms with Gasteiger partial charge in [0.2, 0.25) is 0 Å². The predicted molar refractivity (Wildman–Crippen MR) is 118 cm³/mol. The molecule has 0 N–H and O–H groups in total. The van der Waals surface area contributed by atoms with Crippen LogP contribution in [0.3, 0.4) is 0 Å². The van der Waals surface area contributed by atoms with E-state index in [4.69, 9.17) is 0 Å². The Hall–Kier alpha value is -2.26. The summed E-state index contributed by atoms with van der Waals surface area (Å²) in [5.74, 6) is -0.521. The third-order valence-corrected chi connectivity index (χ3v) is 9.04. The summed E-state index contributed by atoms with van der Waals surface area (Å²) in [6.07, 6.45) is 0. The molecule has 0 spiro atoms. The van der Waals surface area contributed by atoms with Crippen LogP contribution in [0.2, 0.25) is 0 Å². The average molecular weight is 443 g/mol. The summed E-state index contributed by atoms with van der Waals surface area (Å²) >= 11 is 0. The van der Waals surface area contributed by atoms with Crippen molar-refractivity contribution in [3.8, 4) is 0 Å². The van der Waals surface area contributed by atoms with Gasteiger partial charge in [0, 0.05) is 11.1 Å². The van der Waals surface area contributed by atoms with Gasteiger partial charge in [-0.3, -0.25) is 9.59 Å². The molecular weight excluding hydrogens is 429 g/mol. The molecule has 0 aliphatic rings. The molecule has 4 aromatic rings. The molecule has 0 saturated heterocycles. The van der Waals surface area contributed by atoms with Gasteiger partial charge in [-0.15, -0.1) is 0 Å². The zero-order chi connectivity index (χ0) is 19.7. The molecule has 2 amide bonds. The molecule has 0 unspecified atom stereocenters. The van der Waals surface area contributed by atoms with E-state index >= 15 is 0 Å². The average Bonchev–Trinajstić information content (AvgIpc) is 3.26. The highest BCUT2D eigenvalue weighted by atomic mass is 32.9. The Balaban J connectivity index is 1.70. The Kier molecular flexibility index (Phi) is 5.45. The topological polar surface area (TPSA) is 58.9 Å². The van der Waals surface area contributed by atoms with E-state index in [1.807, 2.05) is 38.1 Å². The maximum atomic E-state index is 12.4. The molecule has 0 fully saturated rings. The quantitative estimate of drug-likeness (QED) is 0.401. The van der Waals surface area contributed by atoms with Gasteiger partial charge in [0.25, 0.3) is 11.8 Å². The number of amides is 2. The first-order valence-corrected chi connectivity index (χ1v) is 12.6. The molecule has 0 aliphatic heterocycles. The number of nitrogens with zero attached hydrogens (tertiary/aromatic N) is 2. The van der Waals surface area contributed by atoms with Gasteiger partial charge >= 0.3 is 0 Å². The van der Waals surface area contributed by atoms with Crippen LogP contribution in [0, 0.1) is 13.8 Å². The maximum absolute atomic E-state index is 12.4. The van der Waals surface area contributed by atoms with Crippen LogP contribution < -0.4 is 9.34 Å². The largest absolute Gasteiger partial charge is 0.278 e. The zero-order valence-corrected chi connectivity index (χ0v) is 18.2. The number of aryl methyl sites for hydroxylation is 2. The van der Waals surface area contributed by atoms with Crippen LogP contribution in [-0.4, -0.2) is 11.8 Å². The van der Waals surface area contributed by atoms with E-state index in [0.717, 1.165) is 20.5 Å². The van der Waals surface area contributed by atoms with Crippen molar-refractivity contribution in [1.29, 1.82) is 0 Å². The van der Waals surface area contributed by atoms with Crippen molar-refractivity contribution in [3.63, 3.8) is 0 Å². The fourth-order valence-corrected chi connectivity index (χ4v) is 8.42. The molecule has 0 atom stereocenters. The predicted octanol–water partition coefficient (Wildman–Crippen LogP) is 5.18. The number of fused-ring (bicyclic) bond motifs is 1. The molecule has 140 valence electrons. The minimum absolute atomic E-state index is 0.261. The lowest BCUT2D eigenvalue weighted by Gasteiger charge is -1.95. The molecule has 4 nitrogen and oxygen atoms in total. The van der Waals surface area contributed by atoms with Crippen LogP contribution in [0.25, 0.3) is 9.40 Å². The molecule has 2 aromatic carbocycles. The standard InChI is InChI=1S/C20H14N2O2S4/c1-11-3-7-13(8-4-11)17(23)21-19-15-16(26-27-19)20(28-25-15)22-18(24)14-9-5-12(2)6-10-14/h3-10H,1-2H3. The minimum atomic E-state index is -0.261. The highest BCUT2D eigenvalue weighted by Crippen LogP contribution is 2.24. The van der Waals surface area contributed by atoms with E-state index in [2.05, 4.69) is 9.98 Å². The van der Waals surface area contributed by atoms with E-state index in [-0.39, 0.29) is 11.8 Å².